The van der Waals surface area contributed by atoms with Gasteiger partial charge in [-0.15, -0.1) is 0 Å². The first-order chi connectivity index (χ1) is 9.31. The Balaban J connectivity index is 2.37. The van der Waals surface area contributed by atoms with Gasteiger partial charge in [0.1, 0.15) is 12.3 Å². The Kier molecular flexibility index (Phi) is 4.45. The van der Waals surface area contributed by atoms with Crippen LogP contribution in [0.25, 0.3) is 0 Å². The zero-order valence-corrected chi connectivity index (χ0v) is 10.9. The lowest BCUT2D eigenvalue weighted by atomic mass is 10.1. The van der Waals surface area contributed by atoms with Crippen LogP contribution in [0.15, 0.2) is 66.5 Å². The molecule has 0 aliphatic rings. The molecule has 0 N–H and O–H groups in total. The van der Waals surface area contributed by atoms with Gasteiger partial charge in [-0.3, -0.25) is 4.98 Å². The molecule has 2 rings (SSSR count). The summed E-state index contributed by atoms with van der Waals surface area (Å²) in [6.07, 6.45) is 3.40. The van der Waals surface area contributed by atoms with Gasteiger partial charge in [0, 0.05) is 11.8 Å². The standard InChI is InChI=1S/C16H16N2O/c1-3-12-19-18-16(15-6-4-5-11-17-15)14-9-7-13(2)8-10-14/h3-11H,1,12H2,2H3/b18-16-. The number of oxime groups is 1. The molecule has 3 heteroatoms. The van der Waals surface area contributed by atoms with Gasteiger partial charge in [-0.1, -0.05) is 53.7 Å². The monoisotopic (exact) mass is 252 g/mol. The summed E-state index contributed by atoms with van der Waals surface area (Å²) < 4.78 is 0. The maximum absolute atomic E-state index is 5.21. The van der Waals surface area contributed by atoms with Crippen LogP contribution >= 0.6 is 0 Å². The second-order valence-corrected chi connectivity index (χ2v) is 4.11. The lowest BCUT2D eigenvalue weighted by Crippen LogP contribution is -2.06. The zero-order chi connectivity index (χ0) is 13.5. The maximum atomic E-state index is 5.21. The average molecular weight is 252 g/mol. The van der Waals surface area contributed by atoms with E-state index < -0.39 is 0 Å². The molecule has 0 fully saturated rings. The third-order valence-electron chi connectivity index (χ3n) is 2.58. The molecule has 0 bridgehead atoms. The van der Waals surface area contributed by atoms with Crippen molar-refractivity contribution in [2.75, 3.05) is 6.61 Å². The first-order valence-corrected chi connectivity index (χ1v) is 6.10. The molecule has 0 radical (unpaired) electrons. The van der Waals surface area contributed by atoms with E-state index in [1.54, 1.807) is 12.3 Å². The minimum absolute atomic E-state index is 0.377. The number of aromatic nitrogens is 1. The third kappa shape index (κ3) is 3.52. The van der Waals surface area contributed by atoms with Crippen molar-refractivity contribution in [1.29, 1.82) is 0 Å². The van der Waals surface area contributed by atoms with Crippen molar-refractivity contribution in [1.82, 2.24) is 4.98 Å². The van der Waals surface area contributed by atoms with Crippen LogP contribution in [0.1, 0.15) is 16.8 Å². The normalized spacial score (nSPS) is 11.1. The topological polar surface area (TPSA) is 34.5 Å². The van der Waals surface area contributed by atoms with Gasteiger partial charge in [0.05, 0.1) is 5.69 Å². The highest BCUT2D eigenvalue weighted by Gasteiger charge is 2.08. The van der Waals surface area contributed by atoms with E-state index in [0.717, 1.165) is 17.0 Å². The number of nitrogens with zero attached hydrogens (tertiary/aromatic N) is 2. The van der Waals surface area contributed by atoms with Crippen molar-refractivity contribution in [2.45, 2.75) is 6.92 Å². The summed E-state index contributed by atoms with van der Waals surface area (Å²) in [5, 5.41) is 4.17. The molecule has 1 aromatic carbocycles. The molecule has 1 aromatic heterocycles. The Morgan fingerprint density at radius 1 is 1.26 bits per heavy atom. The summed E-state index contributed by atoms with van der Waals surface area (Å²) in [7, 11) is 0. The van der Waals surface area contributed by atoms with E-state index >= 15 is 0 Å². The molecule has 0 atom stereocenters. The smallest absolute Gasteiger partial charge is 0.135 e. The summed E-state index contributed by atoms with van der Waals surface area (Å²) >= 11 is 0. The zero-order valence-electron chi connectivity index (χ0n) is 10.9. The molecule has 0 saturated carbocycles. The van der Waals surface area contributed by atoms with Crippen LogP contribution in [0, 0.1) is 6.92 Å². The number of aryl methyl sites for hydroxylation is 1. The number of pyridine rings is 1. The number of benzene rings is 1. The summed E-state index contributed by atoms with van der Waals surface area (Å²) in [4.78, 5) is 9.53. The first-order valence-electron chi connectivity index (χ1n) is 6.10. The van der Waals surface area contributed by atoms with Crippen molar-refractivity contribution in [3.8, 4) is 0 Å². The highest BCUT2D eigenvalue weighted by Crippen LogP contribution is 2.10. The van der Waals surface area contributed by atoms with E-state index in [4.69, 9.17) is 4.84 Å². The number of hydrogen-bond acceptors (Lipinski definition) is 3. The van der Waals surface area contributed by atoms with Crippen LogP contribution in [-0.2, 0) is 4.84 Å². The van der Waals surface area contributed by atoms with Crippen molar-refractivity contribution in [3.63, 3.8) is 0 Å². The predicted octanol–water partition coefficient (Wildman–Crippen LogP) is 3.35. The Morgan fingerprint density at radius 2 is 2.05 bits per heavy atom. The molecule has 0 aliphatic heterocycles. The highest BCUT2D eigenvalue weighted by molar-refractivity contribution is 6.11. The number of rotatable bonds is 5. The molecule has 0 saturated heterocycles. The van der Waals surface area contributed by atoms with Crippen LogP contribution in [0.2, 0.25) is 0 Å². The molecule has 3 nitrogen and oxygen atoms in total. The van der Waals surface area contributed by atoms with E-state index in [2.05, 4.69) is 23.6 Å². The van der Waals surface area contributed by atoms with E-state index in [0.29, 0.717) is 6.61 Å². The lowest BCUT2D eigenvalue weighted by Gasteiger charge is -2.06. The molecular formula is C16H16N2O. The second-order valence-electron chi connectivity index (χ2n) is 4.11. The van der Waals surface area contributed by atoms with Gasteiger partial charge >= 0.3 is 0 Å². The van der Waals surface area contributed by atoms with Gasteiger partial charge < -0.3 is 4.84 Å². The fourth-order valence-corrected chi connectivity index (χ4v) is 1.62. The molecule has 0 unspecified atom stereocenters. The minimum Gasteiger partial charge on any atom is -0.391 e. The minimum atomic E-state index is 0.377. The average Bonchev–Trinajstić information content (AvgIpc) is 2.46. The van der Waals surface area contributed by atoms with Crippen LogP contribution in [-0.4, -0.2) is 17.3 Å². The van der Waals surface area contributed by atoms with E-state index in [1.807, 2.05) is 42.5 Å². The van der Waals surface area contributed by atoms with Gasteiger partial charge in [-0.25, -0.2) is 0 Å². The predicted molar refractivity (Wildman–Crippen MR) is 77.2 cm³/mol. The van der Waals surface area contributed by atoms with E-state index in [-0.39, 0.29) is 0 Å². The van der Waals surface area contributed by atoms with Crippen molar-refractivity contribution in [2.24, 2.45) is 5.16 Å². The fourth-order valence-electron chi connectivity index (χ4n) is 1.62. The van der Waals surface area contributed by atoms with E-state index in [9.17, 15) is 0 Å². The molecule has 0 aliphatic carbocycles. The van der Waals surface area contributed by atoms with Gasteiger partial charge in [-0.2, -0.15) is 0 Å². The molecular weight excluding hydrogens is 236 g/mol. The van der Waals surface area contributed by atoms with Crippen molar-refractivity contribution < 1.29 is 4.84 Å². The number of hydrogen-bond donors (Lipinski definition) is 0. The van der Waals surface area contributed by atoms with Crippen LogP contribution < -0.4 is 0 Å². The lowest BCUT2D eigenvalue weighted by molar-refractivity contribution is 0.175. The fraction of sp³-hybridized carbons (Fsp3) is 0.125. The van der Waals surface area contributed by atoms with Crippen molar-refractivity contribution in [3.05, 3.63) is 78.1 Å². The van der Waals surface area contributed by atoms with Gasteiger partial charge in [0.2, 0.25) is 0 Å². The van der Waals surface area contributed by atoms with Crippen LogP contribution in [0.4, 0.5) is 0 Å². The quantitative estimate of drug-likeness (QED) is 0.354. The molecule has 96 valence electrons. The van der Waals surface area contributed by atoms with E-state index in [1.165, 1.54) is 5.56 Å². The SMILES string of the molecule is C=CCO/N=C(/c1ccc(C)cc1)c1ccccn1. The molecule has 0 spiro atoms. The molecule has 1 heterocycles. The van der Waals surface area contributed by atoms with Crippen LogP contribution in [0.5, 0.6) is 0 Å². The molecule has 2 aromatic rings. The van der Waals surface area contributed by atoms with Gasteiger partial charge in [-0.05, 0) is 19.1 Å². The third-order valence-corrected chi connectivity index (χ3v) is 2.58. The largest absolute Gasteiger partial charge is 0.391 e. The Labute approximate surface area is 113 Å². The Bertz CT molecular complexity index is 559. The second kappa shape index (κ2) is 6.50. The van der Waals surface area contributed by atoms with Gasteiger partial charge in [0.25, 0.3) is 0 Å². The van der Waals surface area contributed by atoms with Gasteiger partial charge in [0.15, 0.2) is 0 Å². The summed E-state index contributed by atoms with van der Waals surface area (Å²) in [5.74, 6) is 0. The Hall–Kier alpha value is -2.42. The molecule has 19 heavy (non-hydrogen) atoms. The molecule has 0 amide bonds. The van der Waals surface area contributed by atoms with Crippen LogP contribution in [0.3, 0.4) is 0 Å². The summed E-state index contributed by atoms with van der Waals surface area (Å²) in [5.41, 5.74) is 3.70. The first kappa shape index (κ1) is 13.0. The summed E-state index contributed by atoms with van der Waals surface area (Å²) in [6, 6.07) is 13.8. The maximum Gasteiger partial charge on any atom is 0.135 e. The highest BCUT2D eigenvalue weighted by atomic mass is 16.6. The summed E-state index contributed by atoms with van der Waals surface area (Å²) in [6.45, 7) is 6.03. The van der Waals surface area contributed by atoms with Crippen molar-refractivity contribution >= 4 is 5.71 Å². The Morgan fingerprint density at radius 3 is 2.68 bits per heavy atom.